The lowest BCUT2D eigenvalue weighted by molar-refractivity contribution is 0.867. The van der Waals surface area contributed by atoms with E-state index in [1.165, 1.54) is 16.7 Å². The molecule has 0 aromatic heterocycles. The van der Waals surface area contributed by atoms with E-state index in [1.807, 2.05) is 30.3 Å². The van der Waals surface area contributed by atoms with Gasteiger partial charge in [0.1, 0.15) is 0 Å². The second-order valence-electron chi connectivity index (χ2n) is 5.83. The first-order valence-electron chi connectivity index (χ1n) is 8.17. The normalized spacial score (nSPS) is 11.4. The van der Waals surface area contributed by atoms with Gasteiger partial charge >= 0.3 is 0 Å². The molecule has 0 aliphatic heterocycles. The molecule has 0 heterocycles. The fraction of sp³-hybridized carbons (Fsp3) is 0.0476. The first-order valence-corrected chi connectivity index (χ1v) is 8.58. The molecule has 0 fully saturated rings. The van der Waals surface area contributed by atoms with Crippen LogP contribution in [0.1, 0.15) is 16.7 Å². The number of hydrogen-bond donors (Lipinski definition) is 2. The van der Waals surface area contributed by atoms with Crippen molar-refractivity contribution in [1.82, 2.24) is 10.7 Å². The van der Waals surface area contributed by atoms with Crippen molar-refractivity contribution >= 4 is 23.0 Å². The van der Waals surface area contributed by atoms with Gasteiger partial charge in [-0.2, -0.15) is 5.10 Å². The lowest BCUT2D eigenvalue weighted by Crippen LogP contribution is -2.32. The van der Waals surface area contributed by atoms with Crippen LogP contribution in [0.25, 0.3) is 11.1 Å². The van der Waals surface area contributed by atoms with E-state index in [0.29, 0.717) is 11.7 Å². The number of nitrogens with zero attached hydrogens (tertiary/aromatic N) is 1. The Morgan fingerprint density at radius 3 is 1.84 bits per heavy atom. The molecule has 122 valence electrons. The fourth-order valence-corrected chi connectivity index (χ4v) is 3.16. The van der Waals surface area contributed by atoms with E-state index in [1.54, 1.807) is 0 Å². The highest BCUT2D eigenvalue weighted by Crippen LogP contribution is 2.36. The maximum Gasteiger partial charge on any atom is 0.187 e. The zero-order valence-corrected chi connectivity index (χ0v) is 14.4. The molecule has 0 amide bonds. The molecule has 0 atom stereocenters. The Kier molecular flexibility index (Phi) is 4.27. The molecule has 0 saturated carbocycles. The van der Waals surface area contributed by atoms with Crippen molar-refractivity contribution in [2.24, 2.45) is 5.10 Å². The Morgan fingerprint density at radius 2 is 1.24 bits per heavy atom. The standard InChI is InChI=1S/C21H17N3S/c25-21(22-14-15-8-2-1-3-9-15)24-23-20-18-12-6-4-10-16(18)17-11-5-7-13-19(17)20/h1-13H,14H2,(H2,22,24,25). The van der Waals surface area contributed by atoms with Crippen LogP contribution in [0.2, 0.25) is 0 Å². The Hall–Kier alpha value is -2.98. The van der Waals surface area contributed by atoms with E-state index in [-0.39, 0.29) is 0 Å². The maximum atomic E-state index is 5.36. The van der Waals surface area contributed by atoms with Crippen molar-refractivity contribution in [2.45, 2.75) is 6.54 Å². The molecule has 0 bridgehead atoms. The van der Waals surface area contributed by atoms with Crippen molar-refractivity contribution < 1.29 is 0 Å². The predicted octanol–water partition coefficient (Wildman–Crippen LogP) is 4.08. The van der Waals surface area contributed by atoms with Gasteiger partial charge in [0.25, 0.3) is 0 Å². The average Bonchev–Trinajstić information content (AvgIpc) is 2.99. The Morgan fingerprint density at radius 1 is 0.720 bits per heavy atom. The van der Waals surface area contributed by atoms with Gasteiger partial charge in [0.2, 0.25) is 0 Å². The predicted molar refractivity (Wildman–Crippen MR) is 107 cm³/mol. The zero-order chi connectivity index (χ0) is 17.1. The van der Waals surface area contributed by atoms with Crippen LogP contribution in [-0.2, 0) is 6.54 Å². The van der Waals surface area contributed by atoms with E-state index < -0.39 is 0 Å². The van der Waals surface area contributed by atoms with Crippen molar-refractivity contribution in [2.75, 3.05) is 0 Å². The number of nitrogens with one attached hydrogen (secondary N) is 2. The summed E-state index contributed by atoms with van der Waals surface area (Å²) in [6.45, 7) is 0.671. The lowest BCUT2D eigenvalue weighted by atomic mass is 10.1. The minimum absolute atomic E-state index is 0.512. The van der Waals surface area contributed by atoms with Crippen LogP contribution in [0.3, 0.4) is 0 Å². The maximum absolute atomic E-state index is 5.36. The molecule has 1 aliphatic carbocycles. The van der Waals surface area contributed by atoms with Gasteiger partial charge in [0.15, 0.2) is 5.11 Å². The van der Waals surface area contributed by atoms with Gasteiger partial charge in [-0.3, -0.25) is 5.43 Å². The summed E-state index contributed by atoms with van der Waals surface area (Å²) in [6.07, 6.45) is 0. The third kappa shape index (κ3) is 3.16. The molecule has 3 aromatic rings. The summed E-state index contributed by atoms with van der Waals surface area (Å²) in [5.41, 5.74) is 9.76. The molecule has 3 nitrogen and oxygen atoms in total. The first kappa shape index (κ1) is 15.5. The number of hydrazone groups is 1. The molecule has 4 rings (SSSR count). The highest BCUT2D eigenvalue weighted by Gasteiger charge is 2.23. The Bertz CT molecular complexity index is 901. The number of rotatable bonds is 3. The molecule has 0 saturated heterocycles. The van der Waals surface area contributed by atoms with Crippen molar-refractivity contribution in [3.63, 3.8) is 0 Å². The monoisotopic (exact) mass is 343 g/mol. The summed E-state index contributed by atoms with van der Waals surface area (Å²) < 4.78 is 0. The molecule has 4 heteroatoms. The minimum atomic E-state index is 0.512. The summed E-state index contributed by atoms with van der Waals surface area (Å²) in [7, 11) is 0. The van der Waals surface area contributed by atoms with E-state index in [0.717, 1.165) is 16.8 Å². The summed E-state index contributed by atoms with van der Waals surface area (Å²) in [4.78, 5) is 0. The first-order chi connectivity index (χ1) is 12.3. The lowest BCUT2D eigenvalue weighted by Gasteiger charge is -2.08. The minimum Gasteiger partial charge on any atom is -0.357 e. The van der Waals surface area contributed by atoms with Crippen LogP contribution < -0.4 is 10.7 Å². The topological polar surface area (TPSA) is 36.4 Å². The van der Waals surface area contributed by atoms with Crippen LogP contribution in [0.4, 0.5) is 0 Å². The quantitative estimate of drug-likeness (QED) is 0.435. The zero-order valence-electron chi connectivity index (χ0n) is 13.6. The summed E-state index contributed by atoms with van der Waals surface area (Å²) >= 11 is 5.36. The smallest absolute Gasteiger partial charge is 0.187 e. The van der Waals surface area contributed by atoms with Crippen molar-refractivity contribution in [1.29, 1.82) is 0 Å². The second kappa shape index (κ2) is 6.87. The molecule has 25 heavy (non-hydrogen) atoms. The molecule has 0 radical (unpaired) electrons. The van der Waals surface area contributed by atoms with Crippen LogP contribution >= 0.6 is 12.2 Å². The molecule has 0 unspecified atom stereocenters. The third-order valence-corrected chi connectivity index (χ3v) is 4.46. The number of benzene rings is 3. The van der Waals surface area contributed by atoms with Crippen LogP contribution in [0.5, 0.6) is 0 Å². The van der Waals surface area contributed by atoms with Gasteiger partial charge in [-0.25, -0.2) is 0 Å². The molecule has 0 spiro atoms. The van der Waals surface area contributed by atoms with Gasteiger partial charge in [0, 0.05) is 17.7 Å². The van der Waals surface area contributed by atoms with E-state index in [9.17, 15) is 0 Å². The Labute approximate surface area is 152 Å². The van der Waals surface area contributed by atoms with Crippen molar-refractivity contribution in [3.05, 3.63) is 95.6 Å². The Balaban J connectivity index is 1.52. The highest BCUT2D eigenvalue weighted by molar-refractivity contribution is 7.80. The summed E-state index contributed by atoms with van der Waals surface area (Å²) in [5, 5.41) is 8.28. The summed E-state index contributed by atoms with van der Waals surface area (Å²) in [6, 6.07) is 26.8. The van der Waals surface area contributed by atoms with Crippen LogP contribution in [-0.4, -0.2) is 10.8 Å². The molecular weight excluding hydrogens is 326 g/mol. The van der Waals surface area contributed by atoms with E-state index in [4.69, 9.17) is 12.2 Å². The SMILES string of the molecule is S=C(NCc1ccccc1)NN=C1c2ccccc2-c2ccccc21. The van der Waals surface area contributed by atoms with Crippen LogP contribution in [0.15, 0.2) is 84.0 Å². The largest absolute Gasteiger partial charge is 0.357 e. The highest BCUT2D eigenvalue weighted by atomic mass is 32.1. The number of thiocarbonyl (C=S) groups is 1. The molecule has 3 aromatic carbocycles. The molecular formula is C21H17N3S. The van der Waals surface area contributed by atoms with Gasteiger partial charge < -0.3 is 5.32 Å². The second-order valence-corrected chi connectivity index (χ2v) is 6.24. The average molecular weight is 343 g/mol. The number of hydrogen-bond acceptors (Lipinski definition) is 2. The van der Waals surface area contributed by atoms with Gasteiger partial charge in [-0.15, -0.1) is 0 Å². The molecule has 2 N–H and O–H groups in total. The van der Waals surface area contributed by atoms with Gasteiger partial charge in [-0.1, -0.05) is 78.9 Å². The number of fused-ring (bicyclic) bond motifs is 3. The fourth-order valence-electron chi connectivity index (χ4n) is 3.04. The van der Waals surface area contributed by atoms with E-state index >= 15 is 0 Å². The third-order valence-electron chi connectivity index (χ3n) is 4.22. The van der Waals surface area contributed by atoms with Gasteiger partial charge in [0.05, 0.1) is 5.71 Å². The van der Waals surface area contributed by atoms with Crippen LogP contribution in [0, 0.1) is 0 Å². The molecule has 1 aliphatic rings. The van der Waals surface area contributed by atoms with Gasteiger partial charge in [-0.05, 0) is 28.9 Å². The van der Waals surface area contributed by atoms with Crippen molar-refractivity contribution in [3.8, 4) is 11.1 Å². The summed E-state index contributed by atoms with van der Waals surface area (Å²) in [5.74, 6) is 0. The van der Waals surface area contributed by atoms with E-state index in [2.05, 4.69) is 64.4 Å².